The average Bonchev–Trinajstić information content (AvgIpc) is 2.45. The minimum atomic E-state index is -4.62. The smallest absolute Gasteiger partial charge is 0.417 e. The lowest BCUT2D eigenvalue weighted by Gasteiger charge is -2.31. The molecule has 0 aliphatic carbocycles. The molecule has 2 rings (SSSR count). The molecule has 1 heterocycles. The summed E-state index contributed by atoms with van der Waals surface area (Å²) < 4.78 is 38.7. The number of aliphatic carboxylic acids is 1. The van der Waals surface area contributed by atoms with Crippen molar-refractivity contribution in [2.75, 3.05) is 13.1 Å². The second kappa shape index (κ2) is 5.75. The molecule has 0 spiro atoms. The van der Waals surface area contributed by atoms with Crippen LogP contribution < -0.4 is 0 Å². The van der Waals surface area contributed by atoms with Gasteiger partial charge in [0.05, 0.1) is 17.0 Å². The Balaban J connectivity index is 2.26. The lowest BCUT2D eigenvalue weighted by atomic mass is 9.97. The molecule has 1 amide bonds. The molecule has 21 heavy (non-hydrogen) atoms. The van der Waals surface area contributed by atoms with Crippen LogP contribution in [0.3, 0.4) is 0 Å². The topological polar surface area (TPSA) is 57.6 Å². The molecule has 7 heteroatoms. The van der Waals surface area contributed by atoms with E-state index in [1.807, 2.05) is 0 Å². The zero-order chi connectivity index (χ0) is 15.6. The molecule has 1 aliphatic rings. The van der Waals surface area contributed by atoms with Crippen LogP contribution in [0.1, 0.15) is 28.8 Å². The van der Waals surface area contributed by atoms with Gasteiger partial charge >= 0.3 is 12.1 Å². The van der Waals surface area contributed by atoms with Crippen LogP contribution >= 0.6 is 0 Å². The quantitative estimate of drug-likeness (QED) is 0.913. The van der Waals surface area contributed by atoms with Gasteiger partial charge in [0, 0.05) is 13.1 Å². The molecular weight excluding hydrogens is 287 g/mol. The van der Waals surface area contributed by atoms with Crippen LogP contribution in [0.5, 0.6) is 0 Å². The lowest BCUT2D eigenvalue weighted by molar-refractivity contribution is -0.143. The molecule has 114 valence electrons. The number of halogens is 3. The van der Waals surface area contributed by atoms with Gasteiger partial charge in [-0.2, -0.15) is 13.2 Å². The summed E-state index contributed by atoms with van der Waals surface area (Å²) in [5.41, 5.74) is -1.43. The summed E-state index contributed by atoms with van der Waals surface area (Å²) >= 11 is 0. The molecule has 0 saturated carbocycles. The van der Waals surface area contributed by atoms with Gasteiger partial charge in [-0.25, -0.2) is 0 Å². The van der Waals surface area contributed by atoms with Crippen LogP contribution in [0.4, 0.5) is 13.2 Å². The van der Waals surface area contributed by atoms with Crippen LogP contribution in [-0.2, 0) is 11.0 Å². The third kappa shape index (κ3) is 3.34. The number of hydrogen-bond donors (Lipinski definition) is 1. The normalized spacial score (nSPS) is 19.4. The fraction of sp³-hybridized carbons (Fsp3) is 0.429. The van der Waals surface area contributed by atoms with Gasteiger partial charge in [-0.3, -0.25) is 9.59 Å². The van der Waals surface area contributed by atoms with Crippen molar-refractivity contribution in [2.24, 2.45) is 5.92 Å². The van der Waals surface area contributed by atoms with Crippen molar-refractivity contribution < 1.29 is 27.9 Å². The van der Waals surface area contributed by atoms with E-state index in [1.54, 1.807) is 0 Å². The van der Waals surface area contributed by atoms with E-state index in [1.165, 1.54) is 17.0 Å². The maximum absolute atomic E-state index is 12.9. The van der Waals surface area contributed by atoms with Gasteiger partial charge in [0.15, 0.2) is 0 Å². The highest BCUT2D eigenvalue weighted by Gasteiger charge is 2.37. The Kier molecular flexibility index (Phi) is 4.20. The van der Waals surface area contributed by atoms with E-state index in [9.17, 15) is 22.8 Å². The van der Waals surface area contributed by atoms with Crippen LogP contribution in [0.2, 0.25) is 0 Å². The van der Waals surface area contributed by atoms with E-state index in [4.69, 9.17) is 5.11 Å². The average molecular weight is 301 g/mol. The second-order valence-electron chi connectivity index (χ2n) is 4.97. The molecule has 1 aromatic carbocycles. The number of carbonyl (C=O) groups excluding carboxylic acids is 1. The fourth-order valence-corrected chi connectivity index (χ4v) is 2.45. The maximum atomic E-state index is 12.9. The van der Waals surface area contributed by atoms with E-state index in [-0.39, 0.29) is 13.1 Å². The zero-order valence-electron chi connectivity index (χ0n) is 11.1. The van der Waals surface area contributed by atoms with E-state index in [2.05, 4.69) is 0 Å². The zero-order valence-corrected chi connectivity index (χ0v) is 11.1. The van der Waals surface area contributed by atoms with E-state index in [0.717, 1.165) is 12.1 Å². The molecule has 1 saturated heterocycles. The summed E-state index contributed by atoms with van der Waals surface area (Å²) in [6, 6.07) is 4.55. The monoisotopic (exact) mass is 301 g/mol. The number of alkyl halides is 3. The highest BCUT2D eigenvalue weighted by atomic mass is 19.4. The number of likely N-dealkylation sites (tertiary alicyclic amines) is 1. The summed E-state index contributed by atoms with van der Waals surface area (Å²) in [6.07, 6.45) is -3.72. The van der Waals surface area contributed by atoms with Crippen LogP contribution in [-0.4, -0.2) is 35.0 Å². The Bertz CT molecular complexity index is 557. The van der Waals surface area contributed by atoms with Gasteiger partial charge in [0.2, 0.25) is 0 Å². The van der Waals surface area contributed by atoms with Crippen molar-refractivity contribution in [1.82, 2.24) is 4.90 Å². The predicted octanol–water partition coefficient (Wildman–Crippen LogP) is 2.64. The molecule has 0 aromatic heterocycles. The summed E-state index contributed by atoms with van der Waals surface area (Å²) in [7, 11) is 0. The predicted molar refractivity (Wildman–Crippen MR) is 67.7 cm³/mol. The van der Waals surface area contributed by atoms with Crippen LogP contribution in [0.15, 0.2) is 24.3 Å². The standard InChI is InChI=1S/C14H14F3NO3/c15-14(16,17)11-6-2-1-5-10(11)12(19)18-7-3-4-9(8-18)13(20)21/h1-2,5-6,9H,3-4,7-8H2,(H,20,21). The Labute approximate surface area is 119 Å². The molecule has 1 N–H and O–H groups in total. The summed E-state index contributed by atoms with van der Waals surface area (Å²) in [5, 5.41) is 8.97. The van der Waals surface area contributed by atoms with Crippen molar-refractivity contribution in [2.45, 2.75) is 19.0 Å². The second-order valence-corrected chi connectivity index (χ2v) is 4.97. The molecule has 1 fully saturated rings. The number of piperidine rings is 1. The van der Waals surface area contributed by atoms with Gasteiger partial charge in [-0.15, -0.1) is 0 Å². The summed E-state index contributed by atoms with van der Waals surface area (Å²) in [5.74, 6) is -2.52. The number of carbonyl (C=O) groups is 2. The van der Waals surface area contributed by atoms with Crippen molar-refractivity contribution in [3.63, 3.8) is 0 Å². The summed E-state index contributed by atoms with van der Waals surface area (Å²) in [4.78, 5) is 24.4. The third-order valence-corrected chi connectivity index (χ3v) is 3.52. The number of hydrogen-bond acceptors (Lipinski definition) is 2. The molecule has 0 bridgehead atoms. The largest absolute Gasteiger partial charge is 0.481 e. The lowest BCUT2D eigenvalue weighted by Crippen LogP contribution is -2.42. The van der Waals surface area contributed by atoms with Gasteiger partial charge in [-0.05, 0) is 25.0 Å². The van der Waals surface area contributed by atoms with Gasteiger partial charge in [-0.1, -0.05) is 12.1 Å². The van der Waals surface area contributed by atoms with Crippen molar-refractivity contribution in [1.29, 1.82) is 0 Å². The highest BCUT2D eigenvalue weighted by molar-refractivity contribution is 5.96. The van der Waals surface area contributed by atoms with Crippen molar-refractivity contribution >= 4 is 11.9 Å². The van der Waals surface area contributed by atoms with Gasteiger partial charge in [0.1, 0.15) is 0 Å². The number of nitrogens with zero attached hydrogens (tertiary/aromatic N) is 1. The van der Waals surface area contributed by atoms with Gasteiger partial charge in [0.25, 0.3) is 5.91 Å². The Hall–Kier alpha value is -2.05. The first-order valence-electron chi connectivity index (χ1n) is 6.49. The SMILES string of the molecule is O=C(O)C1CCCN(C(=O)c2ccccc2C(F)(F)F)C1. The molecular formula is C14H14F3NO3. The number of benzene rings is 1. The first-order valence-corrected chi connectivity index (χ1v) is 6.49. The number of carboxylic acids is 1. The molecule has 1 atom stereocenters. The summed E-state index contributed by atoms with van der Waals surface area (Å²) in [6.45, 7) is 0.217. The molecule has 0 radical (unpaired) electrons. The van der Waals surface area contributed by atoms with E-state index < -0.39 is 35.1 Å². The Morgan fingerprint density at radius 3 is 2.52 bits per heavy atom. The highest BCUT2D eigenvalue weighted by Crippen LogP contribution is 2.33. The first kappa shape index (κ1) is 15.3. The number of carboxylic acid groups (broad SMARTS) is 1. The van der Waals surface area contributed by atoms with Crippen molar-refractivity contribution in [3.8, 4) is 0 Å². The minimum Gasteiger partial charge on any atom is -0.481 e. The maximum Gasteiger partial charge on any atom is 0.417 e. The minimum absolute atomic E-state index is 0.0552. The van der Waals surface area contributed by atoms with Crippen molar-refractivity contribution in [3.05, 3.63) is 35.4 Å². The first-order chi connectivity index (χ1) is 9.80. The third-order valence-electron chi connectivity index (χ3n) is 3.52. The fourth-order valence-electron chi connectivity index (χ4n) is 2.45. The van der Waals surface area contributed by atoms with Gasteiger partial charge < -0.3 is 10.0 Å². The van der Waals surface area contributed by atoms with Crippen LogP contribution in [0, 0.1) is 5.92 Å². The van der Waals surface area contributed by atoms with E-state index >= 15 is 0 Å². The number of amides is 1. The Morgan fingerprint density at radius 1 is 1.24 bits per heavy atom. The molecule has 1 aliphatic heterocycles. The van der Waals surface area contributed by atoms with E-state index in [0.29, 0.717) is 12.8 Å². The molecule has 1 aromatic rings. The molecule has 4 nitrogen and oxygen atoms in total. The molecule has 1 unspecified atom stereocenters. The van der Waals surface area contributed by atoms with Crippen LogP contribution in [0.25, 0.3) is 0 Å². The number of rotatable bonds is 2. The Morgan fingerprint density at radius 2 is 1.90 bits per heavy atom.